The third-order valence-corrected chi connectivity index (χ3v) is 3.57. The molecule has 0 spiro atoms. The second kappa shape index (κ2) is 7.41. The molecule has 3 aromatic rings. The molecule has 6 nitrogen and oxygen atoms in total. The Morgan fingerprint density at radius 3 is 2.50 bits per heavy atom. The lowest BCUT2D eigenvalue weighted by molar-refractivity contribution is 0.417. The van der Waals surface area contributed by atoms with Crippen molar-refractivity contribution in [1.82, 2.24) is 15.2 Å². The van der Waals surface area contributed by atoms with Crippen molar-refractivity contribution >= 4 is 23.1 Å². The molecule has 24 heavy (non-hydrogen) atoms. The van der Waals surface area contributed by atoms with Crippen LogP contribution >= 0.6 is 0 Å². The van der Waals surface area contributed by atoms with Gasteiger partial charge in [0.25, 0.3) is 0 Å². The average molecular weight is 321 g/mol. The first-order valence-corrected chi connectivity index (χ1v) is 7.75. The summed E-state index contributed by atoms with van der Waals surface area (Å²) >= 11 is 0. The van der Waals surface area contributed by atoms with Crippen LogP contribution in [0.2, 0.25) is 0 Å². The van der Waals surface area contributed by atoms with Crippen LogP contribution in [0.1, 0.15) is 12.5 Å². The zero-order valence-corrected chi connectivity index (χ0v) is 13.7. The van der Waals surface area contributed by atoms with E-state index < -0.39 is 0 Å². The maximum absolute atomic E-state index is 5.33. The molecule has 122 valence electrons. The van der Waals surface area contributed by atoms with Gasteiger partial charge < -0.3 is 15.4 Å². The van der Waals surface area contributed by atoms with E-state index in [9.17, 15) is 0 Å². The monoisotopic (exact) mass is 321 g/mol. The molecule has 0 unspecified atom stereocenters. The molecule has 3 rings (SSSR count). The number of nitrogens with zero attached hydrogens (tertiary/aromatic N) is 3. The highest BCUT2D eigenvalue weighted by molar-refractivity contribution is 5.65. The van der Waals surface area contributed by atoms with Gasteiger partial charge in [-0.15, -0.1) is 5.10 Å². The van der Waals surface area contributed by atoms with Gasteiger partial charge >= 0.3 is 0 Å². The number of ether oxygens (including phenoxy) is 1. The molecule has 0 atom stereocenters. The molecule has 1 aromatic heterocycles. The summed E-state index contributed by atoms with van der Waals surface area (Å²) in [5, 5.41) is 14.5. The second-order valence-electron chi connectivity index (χ2n) is 5.13. The molecule has 2 N–H and O–H groups in total. The summed E-state index contributed by atoms with van der Waals surface area (Å²) in [6, 6.07) is 15.7. The first-order valence-electron chi connectivity index (χ1n) is 7.75. The Kier molecular flexibility index (Phi) is 4.86. The van der Waals surface area contributed by atoms with Crippen molar-refractivity contribution < 1.29 is 4.74 Å². The quantitative estimate of drug-likeness (QED) is 0.717. The molecular formula is C18H19N5O. The SMILES string of the molecule is CCc1ccccc1Nc1nncc(Nc2ccccc2OC)n1. The van der Waals surface area contributed by atoms with Crippen LogP contribution in [-0.2, 0) is 6.42 Å². The summed E-state index contributed by atoms with van der Waals surface area (Å²) in [5.41, 5.74) is 3.00. The Hall–Kier alpha value is -3.15. The van der Waals surface area contributed by atoms with Gasteiger partial charge in [0, 0.05) is 5.69 Å². The number of anilines is 4. The van der Waals surface area contributed by atoms with Gasteiger partial charge in [-0.05, 0) is 30.2 Å². The van der Waals surface area contributed by atoms with Crippen LogP contribution in [0, 0.1) is 0 Å². The molecule has 1 heterocycles. The summed E-state index contributed by atoms with van der Waals surface area (Å²) in [7, 11) is 1.63. The molecule has 0 radical (unpaired) electrons. The highest BCUT2D eigenvalue weighted by Crippen LogP contribution is 2.26. The molecule has 0 bridgehead atoms. The minimum Gasteiger partial charge on any atom is -0.495 e. The fourth-order valence-corrected chi connectivity index (χ4v) is 2.37. The van der Waals surface area contributed by atoms with Crippen LogP contribution in [0.15, 0.2) is 54.7 Å². The predicted octanol–water partition coefficient (Wildman–Crippen LogP) is 3.93. The Bertz CT molecular complexity index is 757. The summed E-state index contributed by atoms with van der Waals surface area (Å²) in [6.45, 7) is 2.11. The molecule has 6 heteroatoms. The smallest absolute Gasteiger partial charge is 0.249 e. The highest BCUT2D eigenvalue weighted by Gasteiger charge is 2.06. The largest absolute Gasteiger partial charge is 0.495 e. The van der Waals surface area contributed by atoms with Crippen LogP contribution in [-0.4, -0.2) is 22.3 Å². The van der Waals surface area contributed by atoms with Gasteiger partial charge in [0.1, 0.15) is 5.75 Å². The third kappa shape index (κ3) is 3.60. The normalized spacial score (nSPS) is 10.2. The summed E-state index contributed by atoms with van der Waals surface area (Å²) in [4.78, 5) is 4.46. The first kappa shape index (κ1) is 15.7. The van der Waals surface area contributed by atoms with E-state index in [-0.39, 0.29) is 0 Å². The molecule has 2 aromatic carbocycles. The maximum atomic E-state index is 5.33. The van der Waals surface area contributed by atoms with E-state index in [0.717, 1.165) is 23.5 Å². The summed E-state index contributed by atoms with van der Waals surface area (Å²) in [5.74, 6) is 1.77. The molecule has 0 aliphatic carbocycles. The third-order valence-electron chi connectivity index (χ3n) is 3.57. The van der Waals surface area contributed by atoms with Crippen molar-refractivity contribution in [3.05, 3.63) is 60.3 Å². The van der Waals surface area contributed by atoms with E-state index in [1.807, 2.05) is 42.5 Å². The number of rotatable bonds is 6. The Balaban J connectivity index is 1.82. The standard InChI is InChI=1S/C18H19N5O/c1-3-13-8-4-5-9-14(13)21-18-22-17(12-19-23-18)20-15-10-6-7-11-16(15)24-2/h4-12H,3H2,1-2H3,(H2,20,21,22,23). The number of methoxy groups -OCH3 is 1. The van der Waals surface area contributed by atoms with Crippen molar-refractivity contribution in [2.75, 3.05) is 17.7 Å². The Labute approximate surface area is 140 Å². The van der Waals surface area contributed by atoms with Crippen molar-refractivity contribution in [2.45, 2.75) is 13.3 Å². The fourth-order valence-electron chi connectivity index (χ4n) is 2.37. The Morgan fingerprint density at radius 2 is 1.71 bits per heavy atom. The van der Waals surface area contributed by atoms with Crippen molar-refractivity contribution in [3.63, 3.8) is 0 Å². The van der Waals surface area contributed by atoms with E-state index in [2.05, 4.69) is 38.8 Å². The number of hydrogen-bond acceptors (Lipinski definition) is 6. The number of aromatic nitrogens is 3. The molecule has 0 amide bonds. The van der Waals surface area contributed by atoms with Gasteiger partial charge in [0.2, 0.25) is 5.95 Å². The minimum absolute atomic E-state index is 0.441. The van der Waals surface area contributed by atoms with Crippen LogP contribution in [0.3, 0.4) is 0 Å². The van der Waals surface area contributed by atoms with E-state index in [1.54, 1.807) is 13.3 Å². The zero-order chi connectivity index (χ0) is 16.8. The second-order valence-corrected chi connectivity index (χ2v) is 5.13. The number of hydrogen-bond donors (Lipinski definition) is 2. The number of nitrogens with one attached hydrogen (secondary N) is 2. The molecule has 0 fully saturated rings. The first-order chi connectivity index (χ1) is 11.8. The molecule has 0 saturated heterocycles. The lowest BCUT2D eigenvalue weighted by Gasteiger charge is -2.12. The van der Waals surface area contributed by atoms with Gasteiger partial charge in [0.15, 0.2) is 5.82 Å². The zero-order valence-electron chi connectivity index (χ0n) is 13.7. The molecular weight excluding hydrogens is 302 g/mol. The van der Waals surface area contributed by atoms with E-state index in [1.165, 1.54) is 5.56 Å². The number of benzene rings is 2. The van der Waals surface area contributed by atoms with Gasteiger partial charge in [-0.2, -0.15) is 10.1 Å². The fraction of sp³-hybridized carbons (Fsp3) is 0.167. The number of para-hydroxylation sites is 3. The van der Waals surface area contributed by atoms with Crippen molar-refractivity contribution in [2.24, 2.45) is 0 Å². The van der Waals surface area contributed by atoms with Crippen LogP contribution < -0.4 is 15.4 Å². The van der Waals surface area contributed by atoms with Crippen LogP contribution in [0.5, 0.6) is 5.75 Å². The maximum Gasteiger partial charge on any atom is 0.249 e. The van der Waals surface area contributed by atoms with Crippen LogP contribution in [0.25, 0.3) is 0 Å². The molecule has 0 saturated carbocycles. The van der Waals surface area contributed by atoms with E-state index >= 15 is 0 Å². The van der Waals surface area contributed by atoms with Crippen LogP contribution in [0.4, 0.5) is 23.1 Å². The lowest BCUT2D eigenvalue weighted by atomic mass is 10.1. The van der Waals surface area contributed by atoms with Crippen molar-refractivity contribution in [1.29, 1.82) is 0 Å². The average Bonchev–Trinajstić information content (AvgIpc) is 2.63. The molecule has 0 aliphatic heterocycles. The minimum atomic E-state index is 0.441. The predicted molar refractivity (Wildman–Crippen MR) is 95.2 cm³/mol. The lowest BCUT2D eigenvalue weighted by Crippen LogP contribution is -2.04. The van der Waals surface area contributed by atoms with E-state index in [4.69, 9.17) is 4.74 Å². The van der Waals surface area contributed by atoms with Crippen molar-refractivity contribution in [3.8, 4) is 5.75 Å². The highest BCUT2D eigenvalue weighted by atomic mass is 16.5. The van der Waals surface area contributed by atoms with Gasteiger partial charge in [-0.1, -0.05) is 37.3 Å². The van der Waals surface area contributed by atoms with Gasteiger partial charge in [-0.3, -0.25) is 0 Å². The van der Waals surface area contributed by atoms with Gasteiger partial charge in [0.05, 0.1) is 19.0 Å². The molecule has 0 aliphatic rings. The van der Waals surface area contributed by atoms with Gasteiger partial charge in [-0.25, -0.2) is 0 Å². The Morgan fingerprint density at radius 1 is 0.958 bits per heavy atom. The topological polar surface area (TPSA) is 72.0 Å². The summed E-state index contributed by atoms with van der Waals surface area (Å²) < 4.78 is 5.33. The summed E-state index contributed by atoms with van der Waals surface area (Å²) in [6.07, 6.45) is 2.50. The number of aryl methyl sites for hydroxylation is 1. The van der Waals surface area contributed by atoms with E-state index in [0.29, 0.717) is 11.8 Å².